The fourth-order valence-corrected chi connectivity index (χ4v) is 3.14. The second-order valence-electron chi connectivity index (χ2n) is 6.26. The fraction of sp³-hybridized carbons (Fsp3) is 0.786. The number of nitro groups is 1. The lowest BCUT2D eigenvalue weighted by atomic mass is 9.88. The summed E-state index contributed by atoms with van der Waals surface area (Å²) >= 11 is 0. The van der Waals surface area contributed by atoms with E-state index in [0.29, 0.717) is 38.8 Å². The molecule has 0 saturated heterocycles. The predicted octanol–water partition coefficient (Wildman–Crippen LogP) is 2.66. The molecule has 0 spiro atoms. The summed E-state index contributed by atoms with van der Waals surface area (Å²) in [5.74, 6) is -0.106. The Labute approximate surface area is 141 Å². The third-order valence-electron chi connectivity index (χ3n) is 4.37. The second kappa shape index (κ2) is 7.16. The summed E-state index contributed by atoms with van der Waals surface area (Å²) in [6.07, 6.45) is -2.41. The monoisotopic (exact) mass is 365 g/mol. The molecule has 2 heterocycles. The number of ether oxygens (including phenoxy) is 3. The average Bonchev–Trinajstić information content (AvgIpc) is 2.96. The van der Waals surface area contributed by atoms with Crippen molar-refractivity contribution in [3.8, 4) is 6.01 Å². The molecule has 0 radical (unpaired) electrons. The van der Waals surface area contributed by atoms with Crippen LogP contribution in [0.1, 0.15) is 25.7 Å². The highest BCUT2D eigenvalue weighted by molar-refractivity contribution is 5.21. The van der Waals surface area contributed by atoms with E-state index < -0.39 is 17.4 Å². The number of hydrogen-bond donors (Lipinski definition) is 0. The molecular weight excluding hydrogens is 347 g/mol. The quantitative estimate of drug-likeness (QED) is 0.589. The number of nitrogens with zero attached hydrogens (tertiary/aromatic N) is 3. The van der Waals surface area contributed by atoms with E-state index in [-0.39, 0.29) is 30.5 Å². The van der Waals surface area contributed by atoms with Crippen molar-refractivity contribution in [3.05, 3.63) is 16.3 Å². The molecule has 25 heavy (non-hydrogen) atoms. The average molecular weight is 365 g/mol. The van der Waals surface area contributed by atoms with Gasteiger partial charge in [0.05, 0.1) is 19.3 Å². The number of aromatic nitrogens is 2. The SMILES string of the molecule is O=[N+]([O-])c1cn2c(n1)OC[C@@H](OCC1CCC(OC(F)(F)F)CC1)C2. The maximum Gasteiger partial charge on any atom is 0.522 e. The van der Waals surface area contributed by atoms with Crippen LogP contribution in [-0.2, 0) is 16.0 Å². The molecule has 0 bridgehead atoms. The molecule has 1 atom stereocenters. The van der Waals surface area contributed by atoms with Crippen molar-refractivity contribution in [1.82, 2.24) is 9.55 Å². The van der Waals surface area contributed by atoms with Crippen LogP contribution in [0.2, 0.25) is 0 Å². The molecular formula is C14H18F3N3O5. The molecule has 1 aliphatic heterocycles. The van der Waals surface area contributed by atoms with Gasteiger partial charge >= 0.3 is 18.2 Å². The molecule has 140 valence electrons. The van der Waals surface area contributed by atoms with Crippen LogP contribution in [0.15, 0.2) is 6.20 Å². The molecule has 8 nitrogen and oxygen atoms in total. The summed E-state index contributed by atoms with van der Waals surface area (Å²) in [4.78, 5) is 13.9. The van der Waals surface area contributed by atoms with Gasteiger partial charge in [0, 0.05) is 4.98 Å². The Morgan fingerprint density at radius 2 is 2.04 bits per heavy atom. The van der Waals surface area contributed by atoms with Gasteiger partial charge in [-0.15, -0.1) is 13.2 Å². The van der Waals surface area contributed by atoms with Crippen LogP contribution in [0, 0.1) is 16.0 Å². The number of rotatable bonds is 5. The van der Waals surface area contributed by atoms with Crippen molar-refractivity contribution in [2.24, 2.45) is 5.92 Å². The van der Waals surface area contributed by atoms with E-state index >= 15 is 0 Å². The number of alkyl halides is 3. The summed E-state index contributed by atoms with van der Waals surface area (Å²) < 4.78 is 53.3. The highest BCUT2D eigenvalue weighted by Gasteiger charge is 2.35. The van der Waals surface area contributed by atoms with Gasteiger partial charge in [-0.1, -0.05) is 0 Å². The van der Waals surface area contributed by atoms with Crippen LogP contribution in [-0.4, -0.2) is 46.3 Å². The zero-order chi connectivity index (χ0) is 18.0. The molecule has 1 saturated carbocycles. The van der Waals surface area contributed by atoms with E-state index in [4.69, 9.17) is 9.47 Å². The van der Waals surface area contributed by atoms with Gasteiger partial charge in [0.1, 0.15) is 18.9 Å². The van der Waals surface area contributed by atoms with E-state index in [9.17, 15) is 23.3 Å². The van der Waals surface area contributed by atoms with Crippen molar-refractivity contribution in [3.63, 3.8) is 0 Å². The first-order chi connectivity index (χ1) is 11.8. The first-order valence-electron chi connectivity index (χ1n) is 8.00. The smallest absolute Gasteiger partial charge is 0.443 e. The second-order valence-corrected chi connectivity index (χ2v) is 6.26. The maximum absolute atomic E-state index is 12.2. The Kier molecular flexibility index (Phi) is 5.13. The minimum atomic E-state index is -4.58. The summed E-state index contributed by atoms with van der Waals surface area (Å²) in [6.45, 7) is 1.04. The minimum Gasteiger partial charge on any atom is -0.443 e. The third kappa shape index (κ3) is 4.82. The number of fused-ring (bicyclic) bond motifs is 1. The van der Waals surface area contributed by atoms with Gasteiger partial charge in [-0.2, -0.15) is 0 Å². The Morgan fingerprint density at radius 3 is 2.68 bits per heavy atom. The zero-order valence-corrected chi connectivity index (χ0v) is 13.3. The third-order valence-corrected chi connectivity index (χ3v) is 4.37. The van der Waals surface area contributed by atoms with Gasteiger partial charge in [-0.3, -0.25) is 9.30 Å². The lowest BCUT2D eigenvalue weighted by Crippen LogP contribution is -2.35. The maximum atomic E-state index is 12.2. The molecule has 2 aliphatic rings. The van der Waals surface area contributed by atoms with Gasteiger partial charge in [-0.25, -0.2) is 0 Å². The topological polar surface area (TPSA) is 88.7 Å². The van der Waals surface area contributed by atoms with E-state index in [2.05, 4.69) is 9.72 Å². The van der Waals surface area contributed by atoms with Crippen molar-refractivity contribution in [2.75, 3.05) is 13.2 Å². The Balaban J connectivity index is 1.42. The minimum absolute atomic E-state index is 0.173. The Bertz CT molecular complexity index is 613. The van der Waals surface area contributed by atoms with E-state index in [1.54, 1.807) is 0 Å². The summed E-state index contributed by atoms with van der Waals surface area (Å²) in [5, 5.41) is 10.7. The highest BCUT2D eigenvalue weighted by Crippen LogP contribution is 2.31. The summed E-state index contributed by atoms with van der Waals surface area (Å²) in [5.41, 5.74) is 0. The van der Waals surface area contributed by atoms with Gasteiger partial charge in [0.25, 0.3) is 0 Å². The van der Waals surface area contributed by atoms with Gasteiger partial charge in [-0.05, 0) is 36.5 Å². The van der Waals surface area contributed by atoms with Crippen LogP contribution in [0.3, 0.4) is 0 Å². The van der Waals surface area contributed by atoms with Crippen molar-refractivity contribution >= 4 is 5.82 Å². The van der Waals surface area contributed by atoms with E-state index in [0.717, 1.165) is 0 Å². The molecule has 1 aliphatic carbocycles. The zero-order valence-electron chi connectivity index (χ0n) is 13.3. The van der Waals surface area contributed by atoms with E-state index in [1.165, 1.54) is 10.8 Å². The van der Waals surface area contributed by atoms with Crippen molar-refractivity contribution in [2.45, 2.75) is 50.8 Å². The molecule has 1 fully saturated rings. The number of halogens is 3. The normalized spacial score (nSPS) is 26.8. The number of hydrogen-bond acceptors (Lipinski definition) is 6. The standard InChI is InChI=1S/C14H18F3N3O5/c15-14(16,17)25-10-3-1-9(2-4-10)7-23-11-5-19-6-12(20(21)22)18-13(19)24-8-11/h6,9-11H,1-5,7-8H2/t9?,10?,11-/m0/s1. The summed E-state index contributed by atoms with van der Waals surface area (Å²) in [7, 11) is 0. The van der Waals surface area contributed by atoms with Crippen molar-refractivity contribution in [1.29, 1.82) is 0 Å². The first-order valence-corrected chi connectivity index (χ1v) is 8.00. The van der Waals surface area contributed by atoms with E-state index in [1.807, 2.05) is 0 Å². The van der Waals surface area contributed by atoms with Crippen LogP contribution in [0.25, 0.3) is 0 Å². The van der Waals surface area contributed by atoms with Gasteiger partial charge in [0.15, 0.2) is 0 Å². The lowest BCUT2D eigenvalue weighted by Gasteiger charge is -2.30. The largest absolute Gasteiger partial charge is 0.522 e. The van der Waals surface area contributed by atoms with Crippen LogP contribution in [0.5, 0.6) is 6.01 Å². The highest BCUT2D eigenvalue weighted by atomic mass is 19.4. The summed E-state index contributed by atoms with van der Waals surface area (Å²) in [6, 6.07) is 0.191. The first kappa shape index (κ1) is 17.9. The molecule has 1 aromatic heterocycles. The molecule has 0 aromatic carbocycles. The predicted molar refractivity (Wildman–Crippen MR) is 77.0 cm³/mol. The molecule has 0 N–H and O–H groups in total. The molecule has 0 unspecified atom stereocenters. The molecule has 11 heteroatoms. The Morgan fingerprint density at radius 1 is 1.32 bits per heavy atom. The molecule has 0 amide bonds. The van der Waals surface area contributed by atoms with Crippen molar-refractivity contribution < 1.29 is 32.3 Å². The molecule has 1 aromatic rings. The van der Waals surface area contributed by atoms with Gasteiger partial charge < -0.3 is 19.6 Å². The van der Waals surface area contributed by atoms with Crippen LogP contribution >= 0.6 is 0 Å². The van der Waals surface area contributed by atoms with Crippen LogP contribution < -0.4 is 4.74 Å². The van der Waals surface area contributed by atoms with Gasteiger partial charge in [0.2, 0.25) is 0 Å². The Hall–Kier alpha value is -1.88. The molecule has 3 rings (SSSR count). The number of imidazole rings is 1. The fourth-order valence-electron chi connectivity index (χ4n) is 3.14. The lowest BCUT2D eigenvalue weighted by molar-refractivity contribution is -0.389. The van der Waals surface area contributed by atoms with Crippen LogP contribution in [0.4, 0.5) is 19.0 Å².